The number of benzene rings is 1. The molecule has 21 heavy (non-hydrogen) atoms. The average Bonchev–Trinajstić information content (AvgIpc) is 2.53. The van der Waals surface area contributed by atoms with Gasteiger partial charge in [-0.2, -0.15) is 5.10 Å². The number of nitrogens with zero attached hydrogens (tertiary/aromatic N) is 2. The molecule has 0 saturated carbocycles. The van der Waals surface area contributed by atoms with Crippen LogP contribution in [0.15, 0.2) is 41.2 Å². The highest BCUT2D eigenvalue weighted by atomic mass is 16.1. The molecule has 0 atom stereocenters. The highest BCUT2D eigenvalue weighted by Gasteiger charge is 2.09. The molecular weight excluding hydrogens is 262 g/mol. The maximum Gasteiger partial charge on any atom is 0.271 e. The van der Waals surface area contributed by atoms with Crippen LogP contribution < -0.4 is 10.9 Å². The molecule has 1 heterocycles. The third-order valence-electron chi connectivity index (χ3n) is 3.41. The zero-order valence-electron chi connectivity index (χ0n) is 12.8. The summed E-state index contributed by atoms with van der Waals surface area (Å²) in [5.74, 6) is 0. The second-order valence-corrected chi connectivity index (χ2v) is 5.08. The minimum absolute atomic E-state index is 0.0177. The summed E-state index contributed by atoms with van der Waals surface area (Å²) in [5, 5.41) is 7.75. The van der Waals surface area contributed by atoms with Gasteiger partial charge in [0, 0.05) is 24.2 Å². The third-order valence-corrected chi connectivity index (χ3v) is 3.41. The molecule has 1 aromatic heterocycles. The number of aromatic nitrogens is 2. The third kappa shape index (κ3) is 4.02. The molecular formula is C17H23N3O. The summed E-state index contributed by atoms with van der Waals surface area (Å²) in [5.41, 5.74) is 2.70. The van der Waals surface area contributed by atoms with Gasteiger partial charge in [-0.1, -0.05) is 50.6 Å². The second kappa shape index (κ2) is 7.74. The first-order valence-electron chi connectivity index (χ1n) is 7.63. The van der Waals surface area contributed by atoms with E-state index in [0.29, 0.717) is 13.1 Å². The van der Waals surface area contributed by atoms with Crippen LogP contribution in [0.4, 0.5) is 0 Å². The zero-order valence-corrected chi connectivity index (χ0v) is 12.8. The zero-order chi connectivity index (χ0) is 15.1. The first-order chi connectivity index (χ1) is 10.3. The Balaban J connectivity index is 2.43. The summed E-state index contributed by atoms with van der Waals surface area (Å²) in [6.45, 7) is 6.26. The van der Waals surface area contributed by atoms with E-state index >= 15 is 0 Å². The summed E-state index contributed by atoms with van der Waals surface area (Å²) in [6.07, 6.45) is 2.01. The Labute approximate surface area is 125 Å². The predicted octanol–water partition coefficient (Wildman–Crippen LogP) is 2.82. The monoisotopic (exact) mass is 285 g/mol. The van der Waals surface area contributed by atoms with Crippen molar-refractivity contribution in [1.82, 2.24) is 15.1 Å². The van der Waals surface area contributed by atoms with Gasteiger partial charge in [0.15, 0.2) is 0 Å². The second-order valence-electron chi connectivity index (χ2n) is 5.08. The topological polar surface area (TPSA) is 46.9 Å². The van der Waals surface area contributed by atoms with Gasteiger partial charge in [0.05, 0.1) is 5.69 Å². The Morgan fingerprint density at radius 2 is 1.95 bits per heavy atom. The quantitative estimate of drug-likeness (QED) is 0.851. The van der Waals surface area contributed by atoms with Crippen LogP contribution in [0.5, 0.6) is 0 Å². The van der Waals surface area contributed by atoms with E-state index in [9.17, 15) is 4.79 Å². The number of hydrogen-bond acceptors (Lipinski definition) is 3. The van der Waals surface area contributed by atoms with Gasteiger partial charge in [-0.3, -0.25) is 4.79 Å². The lowest BCUT2D eigenvalue weighted by Crippen LogP contribution is -2.29. The Morgan fingerprint density at radius 3 is 2.62 bits per heavy atom. The molecule has 1 N–H and O–H groups in total. The maximum absolute atomic E-state index is 12.4. The van der Waals surface area contributed by atoms with Crippen molar-refractivity contribution in [2.75, 3.05) is 6.54 Å². The lowest BCUT2D eigenvalue weighted by atomic mass is 10.1. The fourth-order valence-electron chi connectivity index (χ4n) is 2.19. The SMILES string of the molecule is CCCCn1nc(-c2ccccc2)cc(CNCC)c1=O. The fourth-order valence-corrected chi connectivity index (χ4v) is 2.19. The van der Waals surface area contributed by atoms with Crippen molar-refractivity contribution in [3.63, 3.8) is 0 Å². The first-order valence-corrected chi connectivity index (χ1v) is 7.63. The van der Waals surface area contributed by atoms with E-state index < -0.39 is 0 Å². The van der Waals surface area contributed by atoms with E-state index in [4.69, 9.17) is 0 Å². The Morgan fingerprint density at radius 1 is 1.19 bits per heavy atom. The van der Waals surface area contributed by atoms with Crippen molar-refractivity contribution in [3.8, 4) is 11.3 Å². The molecule has 0 aliphatic rings. The van der Waals surface area contributed by atoms with Crippen molar-refractivity contribution in [3.05, 3.63) is 52.3 Å². The fraction of sp³-hybridized carbons (Fsp3) is 0.412. The van der Waals surface area contributed by atoms with Crippen molar-refractivity contribution in [2.45, 2.75) is 39.8 Å². The smallest absolute Gasteiger partial charge is 0.271 e. The Kier molecular flexibility index (Phi) is 5.69. The Bertz CT molecular complexity index is 587. The van der Waals surface area contributed by atoms with E-state index in [1.807, 2.05) is 43.3 Å². The summed E-state index contributed by atoms with van der Waals surface area (Å²) < 4.78 is 1.61. The van der Waals surface area contributed by atoms with Crippen molar-refractivity contribution >= 4 is 0 Å². The number of rotatable bonds is 7. The maximum atomic E-state index is 12.4. The van der Waals surface area contributed by atoms with Crippen LogP contribution in [0.1, 0.15) is 32.3 Å². The van der Waals surface area contributed by atoms with Crippen molar-refractivity contribution in [2.24, 2.45) is 0 Å². The van der Waals surface area contributed by atoms with Crippen LogP contribution in [-0.4, -0.2) is 16.3 Å². The van der Waals surface area contributed by atoms with E-state index in [1.165, 1.54) is 0 Å². The van der Waals surface area contributed by atoms with Gasteiger partial charge in [-0.25, -0.2) is 4.68 Å². The average molecular weight is 285 g/mol. The van der Waals surface area contributed by atoms with E-state index in [-0.39, 0.29) is 5.56 Å². The van der Waals surface area contributed by atoms with E-state index in [0.717, 1.165) is 36.2 Å². The van der Waals surface area contributed by atoms with Crippen LogP contribution in [0.3, 0.4) is 0 Å². The molecule has 0 spiro atoms. The predicted molar refractivity (Wildman–Crippen MR) is 86.2 cm³/mol. The Hall–Kier alpha value is -1.94. The summed E-state index contributed by atoms with van der Waals surface area (Å²) in [4.78, 5) is 12.4. The molecule has 0 fully saturated rings. The van der Waals surface area contributed by atoms with Gasteiger partial charge in [-0.15, -0.1) is 0 Å². The molecule has 0 aliphatic heterocycles. The molecule has 0 amide bonds. The normalized spacial score (nSPS) is 10.8. The van der Waals surface area contributed by atoms with Crippen LogP contribution in [0.2, 0.25) is 0 Å². The molecule has 2 aromatic rings. The van der Waals surface area contributed by atoms with Crippen molar-refractivity contribution in [1.29, 1.82) is 0 Å². The number of nitrogens with one attached hydrogen (secondary N) is 1. The minimum Gasteiger partial charge on any atom is -0.313 e. The molecule has 0 unspecified atom stereocenters. The molecule has 1 aromatic carbocycles. The van der Waals surface area contributed by atoms with Gasteiger partial charge in [0.2, 0.25) is 0 Å². The van der Waals surface area contributed by atoms with E-state index in [1.54, 1.807) is 4.68 Å². The van der Waals surface area contributed by atoms with Gasteiger partial charge in [-0.05, 0) is 19.0 Å². The van der Waals surface area contributed by atoms with Gasteiger partial charge in [0.25, 0.3) is 5.56 Å². The highest BCUT2D eigenvalue weighted by Crippen LogP contribution is 2.16. The van der Waals surface area contributed by atoms with Crippen LogP contribution in [0, 0.1) is 0 Å². The van der Waals surface area contributed by atoms with Crippen LogP contribution >= 0.6 is 0 Å². The molecule has 0 aliphatic carbocycles. The molecule has 112 valence electrons. The van der Waals surface area contributed by atoms with Crippen LogP contribution in [-0.2, 0) is 13.1 Å². The standard InChI is InChI=1S/C17H23N3O/c1-3-5-11-20-17(21)15(13-18-4-2)12-16(19-20)14-9-7-6-8-10-14/h6-10,12,18H,3-5,11,13H2,1-2H3. The minimum atomic E-state index is 0.0177. The van der Waals surface area contributed by atoms with Gasteiger partial charge in [0.1, 0.15) is 0 Å². The van der Waals surface area contributed by atoms with Gasteiger partial charge >= 0.3 is 0 Å². The summed E-state index contributed by atoms with van der Waals surface area (Å²) in [6, 6.07) is 11.9. The summed E-state index contributed by atoms with van der Waals surface area (Å²) in [7, 11) is 0. The molecule has 4 heteroatoms. The lowest BCUT2D eigenvalue weighted by Gasteiger charge is -2.11. The lowest BCUT2D eigenvalue weighted by molar-refractivity contribution is 0.536. The molecule has 0 saturated heterocycles. The summed E-state index contributed by atoms with van der Waals surface area (Å²) >= 11 is 0. The largest absolute Gasteiger partial charge is 0.313 e. The molecule has 0 radical (unpaired) electrons. The van der Waals surface area contributed by atoms with Crippen LogP contribution in [0.25, 0.3) is 11.3 Å². The first kappa shape index (κ1) is 15.4. The van der Waals surface area contributed by atoms with E-state index in [2.05, 4.69) is 17.3 Å². The number of aryl methyl sites for hydroxylation is 1. The molecule has 0 bridgehead atoms. The molecule has 4 nitrogen and oxygen atoms in total. The highest BCUT2D eigenvalue weighted by molar-refractivity contribution is 5.58. The number of unbranched alkanes of at least 4 members (excludes halogenated alkanes) is 1. The number of hydrogen-bond donors (Lipinski definition) is 1. The molecule has 2 rings (SSSR count). The van der Waals surface area contributed by atoms with Crippen molar-refractivity contribution < 1.29 is 0 Å². The van der Waals surface area contributed by atoms with Gasteiger partial charge < -0.3 is 5.32 Å².